The fourth-order valence-electron chi connectivity index (χ4n) is 4.57. The van der Waals surface area contributed by atoms with Gasteiger partial charge in [0.15, 0.2) is 0 Å². The quantitative estimate of drug-likeness (QED) is 0.897. The van der Waals surface area contributed by atoms with E-state index in [9.17, 15) is 9.90 Å². The minimum Gasteiger partial charge on any atom is -0.392 e. The van der Waals surface area contributed by atoms with Crippen molar-refractivity contribution < 1.29 is 9.90 Å². The number of aliphatic hydroxyl groups is 1. The molecule has 1 N–H and O–H groups in total. The Bertz CT molecular complexity index is 758. The van der Waals surface area contributed by atoms with Crippen molar-refractivity contribution in [3.63, 3.8) is 0 Å². The van der Waals surface area contributed by atoms with Crippen molar-refractivity contribution >= 4 is 5.91 Å². The molecule has 1 heterocycles. The predicted octanol–water partition coefficient (Wildman–Crippen LogP) is 4.12. The lowest BCUT2D eigenvalue weighted by Gasteiger charge is -2.42. The van der Waals surface area contributed by atoms with E-state index < -0.39 is 0 Å². The Labute approximate surface area is 149 Å². The van der Waals surface area contributed by atoms with Crippen LogP contribution in [0.5, 0.6) is 0 Å². The van der Waals surface area contributed by atoms with Crippen LogP contribution >= 0.6 is 0 Å². The minimum atomic E-state index is -0.251. The minimum absolute atomic E-state index is 0.0645. The molecule has 0 radical (unpaired) electrons. The van der Waals surface area contributed by atoms with E-state index in [1.54, 1.807) is 0 Å². The Morgan fingerprint density at radius 1 is 1.00 bits per heavy atom. The monoisotopic (exact) mass is 335 g/mol. The zero-order chi connectivity index (χ0) is 17.3. The smallest absolute Gasteiger partial charge is 0.253 e. The number of carbonyl (C=O) groups is 1. The molecule has 130 valence electrons. The van der Waals surface area contributed by atoms with Crippen molar-refractivity contribution in [1.82, 2.24) is 4.90 Å². The Kier molecular flexibility index (Phi) is 4.34. The molecule has 1 saturated carbocycles. The number of carbonyl (C=O) groups excluding carboxylic acids is 1. The van der Waals surface area contributed by atoms with Crippen LogP contribution in [0.15, 0.2) is 54.6 Å². The molecule has 4 rings (SSSR count). The highest BCUT2D eigenvalue weighted by molar-refractivity contribution is 5.95. The van der Waals surface area contributed by atoms with E-state index in [0.29, 0.717) is 6.54 Å². The average Bonchev–Trinajstić information content (AvgIpc) is 3.01. The first kappa shape index (κ1) is 16.3. The number of aliphatic hydroxyl groups excluding tert-OH is 1. The number of nitrogens with zero attached hydrogens (tertiary/aromatic N) is 1. The Hall–Kier alpha value is -2.13. The fourth-order valence-corrected chi connectivity index (χ4v) is 4.57. The fraction of sp³-hybridized carbons (Fsp3) is 0.409. The number of amides is 1. The van der Waals surface area contributed by atoms with Gasteiger partial charge in [-0.25, -0.2) is 0 Å². The molecule has 2 aromatic carbocycles. The maximum Gasteiger partial charge on any atom is 0.253 e. The zero-order valence-corrected chi connectivity index (χ0v) is 14.5. The highest BCUT2D eigenvalue weighted by Crippen LogP contribution is 2.45. The summed E-state index contributed by atoms with van der Waals surface area (Å²) in [6.07, 6.45) is 4.78. The second-order valence-electron chi connectivity index (χ2n) is 7.55. The summed E-state index contributed by atoms with van der Waals surface area (Å²) in [4.78, 5) is 15.0. The molecule has 1 aliphatic carbocycles. The number of hydrogen-bond donors (Lipinski definition) is 1. The number of benzene rings is 2. The predicted molar refractivity (Wildman–Crippen MR) is 99.3 cm³/mol. The first-order valence-corrected chi connectivity index (χ1v) is 9.31. The first-order valence-electron chi connectivity index (χ1n) is 9.31. The van der Waals surface area contributed by atoms with Crippen LogP contribution in [0, 0.1) is 5.41 Å². The van der Waals surface area contributed by atoms with Gasteiger partial charge in [-0.1, -0.05) is 48.9 Å². The van der Waals surface area contributed by atoms with Crippen molar-refractivity contribution in [2.45, 2.75) is 38.2 Å². The molecule has 1 saturated heterocycles. The first-order chi connectivity index (χ1) is 12.2. The van der Waals surface area contributed by atoms with Crippen LogP contribution in [-0.4, -0.2) is 35.1 Å². The standard InChI is InChI=1S/C22H25NO2/c24-20-11-5-12-22(20)13-6-14-23(16-22)21(25)19-10-4-9-18(15-19)17-7-2-1-3-8-17/h1-4,7-10,15,20,24H,5-6,11-14,16H2/t20-,22+/m1/s1. The van der Waals surface area contributed by atoms with Gasteiger partial charge >= 0.3 is 0 Å². The van der Waals surface area contributed by atoms with E-state index in [4.69, 9.17) is 0 Å². The molecule has 3 nitrogen and oxygen atoms in total. The summed E-state index contributed by atoms with van der Waals surface area (Å²) >= 11 is 0. The van der Waals surface area contributed by atoms with E-state index in [0.717, 1.165) is 55.3 Å². The van der Waals surface area contributed by atoms with Crippen molar-refractivity contribution in [3.8, 4) is 11.1 Å². The molecule has 1 aliphatic heterocycles. The summed E-state index contributed by atoms with van der Waals surface area (Å²) < 4.78 is 0. The molecule has 2 aliphatic rings. The average molecular weight is 335 g/mol. The van der Waals surface area contributed by atoms with Gasteiger partial charge in [0.1, 0.15) is 0 Å². The van der Waals surface area contributed by atoms with Gasteiger partial charge < -0.3 is 10.0 Å². The van der Waals surface area contributed by atoms with Crippen molar-refractivity contribution in [2.75, 3.05) is 13.1 Å². The molecule has 1 amide bonds. The van der Waals surface area contributed by atoms with Crippen LogP contribution < -0.4 is 0 Å². The van der Waals surface area contributed by atoms with Crippen molar-refractivity contribution in [1.29, 1.82) is 0 Å². The van der Waals surface area contributed by atoms with E-state index in [2.05, 4.69) is 12.1 Å². The third kappa shape index (κ3) is 3.09. The topological polar surface area (TPSA) is 40.5 Å². The number of likely N-dealkylation sites (tertiary alicyclic amines) is 1. The van der Waals surface area contributed by atoms with Crippen LogP contribution in [0.4, 0.5) is 0 Å². The molecule has 25 heavy (non-hydrogen) atoms. The van der Waals surface area contributed by atoms with Crippen molar-refractivity contribution in [2.24, 2.45) is 5.41 Å². The Morgan fingerprint density at radius 3 is 2.52 bits per heavy atom. The molecule has 2 aromatic rings. The summed E-state index contributed by atoms with van der Waals surface area (Å²) in [7, 11) is 0. The maximum absolute atomic E-state index is 13.1. The van der Waals surface area contributed by atoms with Crippen LogP contribution in [0.1, 0.15) is 42.5 Å². The Balaban J connectivity index is 1.57. The zero-order valence-electron chi connectivity index (χ0n) is 14.5. The van der Waals surface area contributed by atoms with Gasteiger partial charge in [0.25, 0.3) is 5.91 Å². The van der Waals surface area contributed by atoms with Crippen LogP contribution in [0.2, 0.25) is 0 Å². The molecular formula is C22H25NO2. The molecule has 0 aromatic heterocycles. The number of piperidine rings is 1. The van der Waals surface area contributed by atoms with Gasteiger partial charge in [0.2, 0.25) is 0 Å². The van der Waals surface area contributed by atoms with E-state index in [-0.39, 0.29) is 17.4 Å². The van der Waals surface area contributed by atoms with E-state index in [1.165, 1.54) is 0 Å². The largest absolute Gasteiger partial charge is 0.392 e. The van der Waals surface area contributed by atoms with Crippen LogP contribution in [0.25, 0.3) is 11.1 Å². The maximum atomic E-state index is 13.1. The third-order valence-corrected chi connectivity index (χ3v) is 5.97. The second kappa shape index (κ2) is 6.64. The Morgan fingerprint density at radius 2 is 1.76 bits per heavy atom. The van der Waals surface area contributed by atoms with Crippen molar-refractivity contribution in [3.05, 3.63) is 60.2 Å². The van der Waals surface area contributed by atoms with E-state index in [1.807, 2.05) is 47.4 Å². The summed E-state index contributed by atoms with van der Waals surface area (Å²) in [6, 6.07) is 18.1. The second-order valence-corrected chi connectivity index (χ2v) is 7.55. The molecule has 2 fully saturated rings. The van der Waals surface area contributed by atoms with Gasteiger partial charge in [-0.05, 0) is 48.9 Å². The van der Waals surface area contributed by atoms with Gasteiger partial charge in [0, 0.05) is 24.1 Å². The molecule has 2 atom stereocenters. The molecule has 3 heteroatoms. The third-order valence-electron chi connectivity index (χ3n) is 5.97. The molecule has 1 spiro atoms. The molecule has 0 unspecified atom stereocenters. The summed E-state index contributed by atoms with van der Waals surface area (Å²) in [6.45, 7) is 1.49. The summed E-state index contributed by atoms with van der Waals surface area (Å²) in [5.41, 5.74) is 2.87. The highest BCUT2D eigenvalue weighted by Gasteiger charge is 2.45. The number of rotatable bonds is 2. The van der Waals surface area contributed by atoms with Crippen LogP contribution in [-0.2, 0) is 0 Å². The summed E-state index contributed by atoms with van der Waals surface area (Å²) in [5.74, 6) is 0.0935. The van der Waals surface area contributed by atoms with Crippen LogP contribution in [0.3, 0.4) is 0 Å². The van der Waals surface area contributed by atoms with Gasteiger partial charge in [-0.2, -0.15) is 0 Å². The lowest BCUT2D eigenvalue weighted by molar-refractivity contribution is -0.00535. The molecular weight excluding hydrogens is 310 g/mol. The van der Waals surface area contributed by atoms with Gasteiger partial charge in [-0.3, -0.25) is 4.79 Å². The van der Waals surface area contributed by atoms with Gasteiger partial charge in [-0.15, -0.1) is 0 Å². The molecule has 0 bridgehead atoms. The lowest BCUT2D eigenvalue weighted by Crippen LogP contribution is -2.49. The highest BCUT2D eigenvalue weighted by atomic mass is 16.3. The van der Waals surface area contributed by atoms with E-state index >= 15 is 0 Å². The lowest BCUT2D eigenvalue weighted by atomic mass is 9.76. The SMILES string of the molecule is O=C(c1cccc(-c2ccccc2)c1)N1CCC[C@@]2(CCC[C@H]2O)C1. The number of hydrogen-bond acceptors (Lipinski definition) is 2. The summed E-state index contributed by atoms with van der Waals surface area (Å²) in [5, 5.41) is 10.4. The normalized spacial score (nSPS) is 26.1. The van der Waals surface area contributed by atoms with Gasteiger partial charge in [0.05, 0.1) is 6.10 Å².